The Bertz CT molecular complexity index is 869. The van der Waals surface area contributed by atoms with Crippen molar-refractivity contribution in [3.8, 4) is 0 Å². The lowest BCUT2D eigenvalue weighted by Gasteiger charge is -2.37. The molecule has 6 atom stereocenters. The van der Waals surface area contributed by atoms with Crippen LogP contribution in [0.5, 0.6) is 0 Å². The van der Waals surface area contributed by atoms with E-state index in [9.17, 15) is 14.4 Å². The Morgan fingerprint density at radius 3 is 2.19 bits per heavy atom. The van der Waals surface area contributed by atoms with E-state index in [0.717, 1.165) is 23.2 Å². The fraction of sp³-hybridized carbons (Fsp3) is 0.500. The van der Waals surface area contributed by atoms with Gasteiger partial charge in [0.1, 0.15) is 6.67 Å². The number of carbonyl (C=O) groups is 3. The molecule has 5 heteroatoms. The van der Waals surface area contributed by atoms with Gasteiger partial charge in [-0.3, -0.25) is 24.2 Å². The molecule has 140 valence electrons. The van der Waals surface area contributed by atoms with Crippen molar-refractivity contribution < 1.29 is 14.4 Å². The van der Waals surface area contributed by atoms with Crippen LogP contribution in [0.2, 0.25) is 0 Å². The van der Waals surface area contributed by atoms with Crippen LogP contribution in [0.3, 0.4) is 0 Å². The molecule has 4 aliphatic carbocycles. The summed E-state index contributed by atoms with van der Waals surface area (Å²) in [7, 11) is 0. The van der Waals surface area contributed by atoms with Gasteiger partial charge in [-0.1, -0.05) is 29.8 Å². The van der Waals surface area contributed by atoms with Crippen molar-refractivity contribution in [2.24, 2.45) is 35.5 Å². The molecule has 1 saturated heterocycles. The molecule has 0 N–H and O–H groups in total. The minimum absolute atomic E-state index is 0.0126. The largest absolute Gasteiger partial charge is 0.294 e. The van der Waals surface area contributed by atoms with Crippen LogP contribution in [0.25, 0.3) is 0 Å². The van der Waals surface area contributed by atoms with Gasteiger partial charge in [0.2, 0.25) is 17.7 Å². The molecular formula is C22H24N2O3. The zero-order chi connectivity index (χ0) is 19.0. The highest BCUT2D eigenvalue weighted by Gasteiger charge is 2.67. The molecule has 0 aromatic heterocycles. The summed E-state index contributed by atoms with van der Waals surface area (Å²) in [5.74, 6) is 0.797. The predicted octanol–water partition coefficient (Wildman–Crippen LogP) is 2.67. The SMILES string of the molecule is CC(=O)N(CN1C(=O)[C@H]2[C@@H]3C=C[C@H]([C@H]4C[C@H]34)[C@@H]2C1=O)c1ccc(C)cc1C. The summed E-state index contributed by atoms with van der Waals surface area (Å²) in [5, 5.41) is 0. The number of nitrogens with zero attached hydrogens (tertiary/aromatic N) is 2. The van der Waals surface area contributed by atoms with E-state index in [0.29, 0.717) is 11.8 Å². The molecule has 3 amide bonds. The molecule has 2 saturated carbocycles. The van der Waals surface area contributed by atoms with E-state index in [4.69, 9.17) is 0 Å². The molecule has 3 fully saturated rings. The molecule has 0 unspecified atom stereocenters. The number of hydrogen-bond acceptors (Lipinski definition) is 3. The van der Waals surface area contributed by atoms with Crippen molar-refractivity contribution in [2.75, 3.05) is 11.6 Å². The maximum absolute atomic E-state index is 13.2. The van der Waals surface area contributed by atoms with Crippen LogP contribution in [0.15, 0.2) is 30.4 Å². The van der Waals surface area contributed by atoms with Gasteiger partial charge in [0.15, 0.2) is 0 Å². The molecule has 5 nitrogen and oxygen atoms in total. The number of likely N-dealkylation sites (tertiary alicyclic amines) is 1. The zero-order valence-corrected chi connectivity index (χ0v) is 15.9. The van der Waals surface area contributed by atoms with Crippen molar-refractivity contribution in [2.45, 2.75) is 27.2 Å². The zero-order valence-electron chi connectivity index (χ0n) is 15.9. The van der Waals surface area contributed by atoms with Crippen LogP contribution in [-0.2, 0) is 14.4 Å². The summed E-state index contributed by atoms with van der Waals surface area (Å²) in [5.41, 5.74) is 2.83. The van der Waals surface area contributed by atoms with Crippen molar-refractivity contribution in [3.63, 3.8) is 0 Å². The third-order valence-corrected chi connectivity index (χ3v) is 7.06. The highest BCUT2D eigenvalue weighted by molar-refractivity contribution is 6.07. The van der Waals surface area contributed by atoms with Crippen LogP contribution in [-0.4, -0.2) is 29.3 Å². The summed E-state index contributed by atoms with van der Waals surface area (Å²) < 4.78 is 0. The minimum atomic E-state index is -0.218. The first-order valence-electron chi connectivity index (χ1n) is 9.77. The van der Waals surface area contributed by atoms with Gasteiger partial charge in [-0.25, -0.2) is 0 Å². The van der Waals surface area contributed by atoms with E-state index in [-0.39, 0.29) is 48.1 Å². The summed E-state index contributed by atoms with van der Waals surface area (Å²) in [6.45, 7) is 5.45. The summed E-state index contributed by atoms with van der Waals surface area (Å²) in [6, 6.07) is 5.85. The van der Waals surface area contributed by atoms with Gasteiger partial charge in [-0.2, -0.15) is 0 Å². The van der Waals surface area contributed by atoms with Crippen LogP contribution in [0.1, 0.15) is 24.5 Å². The summed E-state index contributed by atoms with van der Waals surface area (Å²) >= 11 is 0. The van der Waals surface area contributed by atoms with Gasteiger partial charge in [0.25, 0.3) is 0 Å². The molecule has 5 aliphatic rings. The van der Waals surface area contributed by atoms with Crippen LogP contribution < -0.4 is 4.90 Å². The molecule has 2 bridgehead atoms. The Morgan fingerprint density at radius 1 is 1.07 bits per heavy atom. The van der Waals surface area contributed by atoms with Gasteiger partial charge in [-0.05, 0) is 55.6 Å². The third kappa shape index (κ3) is 2.27. The Balaban J connectivity index is 1.45. The molecule has 0 spiro atoms. The lowest BCUT2D eigenvalue weighted by atomic mass is 9.63. The fourth-order valence-corrected chi connectivity index (χ4v) is 5.75. The molecule has 1 aliphatic heterocycles. The first kappa shape index (κ1) is 16.7. The topological polar surface area (TPSA) is 57.7 Å². The number of imide groups is 1. The second-order valence-corrected chi connectivity index (χ2v) is 8.64. The van der Waals surface area contributed by atoms with E-state index in [1.807, 2.05) is 32.0 Å². The Morgan fingerprint density at radius 2 is 1.67 bits per heavy atom. The number of hydrogen-bond donors (Lipinski definition) is 0. The smallest absolute Gasteiger partial charge is 0.235 e. The lowest BCUT2D eigenvalue weighted by molar-refractivity contribution is -0.140. The number of anilines is 1. The minimum Gasteiger partial charge on any atom is -0.294 e. The van der Waals surface area contributed by atoms with Crippen LogP contribution in [0, 0.1) is 49.4 Å². The van der Waals surface area contributed by atoms with E-state index >= 15 is 0 Å². The maximum atomic E-state index is 13.2. The average Bonchev–Trinajstić information content (AvgIpc) is 3.40. The monoisotopic (exact) mass is 364 g/mol. The van der Waals surface area contributed by atoms with Gasteiger partial charge < -0.3 is 0 Å². The predicted molar refractivity (Wildman–Crippen MR) is 100 cm³/mol. The number of rotatable bonds is 3. The first-order valence-corrected chi connectivity index (χ1v) is 9.77. The molecule has 1 heterocycles. The van der Waals surface area contributed by atoms with Gasteiger partial charge in [0.05, 0.1) is 11.8 Å². The number of amides is 3. The van der Waals surface area contributed by atoms with Crippen molar-refractivity contribution in [3.05, 3.63) is 41.5 Å². The van der Waals surface area contributed by atoms with E-state index < -0.39 is 0 Å². The van der Waals surface area contributed by atoms with Crippen LogP contribution >= 0.6 is 0 Å². The normalized spacial score (nSPS) is 35.3. The second kappa shape index (κ2) is 5.54. The van der Waals surface area contributed by atoms with Crippen LogP contribution in [0.4, 0.5) is 5.69 Å². The van der Waals surface area contributed by atoms with Gasteiger partial charge >= 0.3 is 0 Å². The Labute approximate surface area is 159 Å². The molecule has 0 radical (unpaired) electrons. The first-order chi connectivity index (χ1) is 12.9. The maximum Gasteiger partial charge on any atom is 0.235 e. The molecule has 1 aromatic carbocycles. The average molecular weight is 364 g/mol. The highest BCUT2D eigenvalue weighted by atomic mass is 16.2. The fourth-order valence-electron chi connectivity index (χ4n) is 5.75. The van der Waals surface area contributed by atoms with Crippen molar-refractivity contribution >= 4 is 23.4 Å². The van der Waals surface area contributed by atoms with E-state index in [1.165, 1.54) is 11.8 Å². The Hall–Kier alpha value is -2.43. The summed E-state index contributed by atoms with van der Waals surface area (Å²) in [4.78, 5) is 41.6. The number of carbonyl (C=O) groups excluding carboxylic acids is 3. The Kier molecular flexibility index (Phi) is 3.43. The number of allylic oxidation sites excluding steroid dienone is 2. The second-order valence-electron chi connectivity index (χ2n) is 8.64. The third-order valence-electron chi connectivity index (χ3n) is 7.06. The summed E-state index contributed by atoms with van der Waals surface area (Å²) in [6.07, 6.45) is 5.49. The lowest BCUT2D eigenvalue weighted by Crippen LogP contribution is -2.44. The van der Waals surface area contributed by atoms with Gasteiger partial charge in [-0.15, -0.1) is 0 Å². The van der Waals surface area contributed by atoms with Crippen molar-refractivity contribution in [1.29, 1.82) is 0 Å². The van der Waals surface area contributed by atoms with E-state index in [2.05, 4.69) is 12.2 Å². The van der Waals surface area contributed by atoms with Gasteiger partial charge in [0, 0.05) is 12.6 Å². The quantitative estimate of drug-likeness (QED) is 0.612. The molecular weight excluding hydrogens is 340 g/mol. The van der Waals surface area contributed by atoms with E-state index in [1.54, 1.807) is 4.90 Å². The van der Waals surface area contributed by atoms with Crippen molar-refractivity contribution in [1.82, 2.24) is 4.90 Å². The molecule has 1 aromatic rings. The standard InChI is InChI=1S/C22H24N2O3/c1-11-4-7-18(12(2)8-11)23(13(3)25)10-24-21(26)19-14-5-6-15(17-9-16(14)17)20(19)22(24)27/h4-8,14-17,19-20H,9-10H2,1-3H3/t14-,15-,16-,17-,19+,20+/m1/s1. The highest BCUT2D eigenvalue weighted by Crippen LogP contribution is 2.65. The molecule has 27 heavy (non-hydrogen) atoms. The number of benzene rings is 1. The number of aryl methyl sites for hydroxylation is 2. The molecule has 6 rings (SSSR count).